The lowest BCUT2D eigenvalue weighted by Crippen LogP contribution is -2.25. The summed E-state index contributed by atoms with van der Waals surface area (Å²) in [5.41, 5.74) is 2.49. The van der Waals surface area contributed by atoms with Gasteiger partial charge in [-0.05, 0) is 13.3 Å². The molecule has 1 heterocycles. The molecule has 0 aromatic carbocycles. The lowest BCUT2D eigenvalue weighted by Gasteiger charge is -2.20. The van der Waals surface area contributed by atoms with E-state index in [1.54, 1.807) is 12.4 Å². The van der Waals surface area contributed by atoms with Crippen molar-refractivity contribution < 1.29 is 0 Å². The fourth-order valence-electron chi connectivity index (χ4n) is 1.28. The third-order valence-corrected chi connectivity index (χ3v) is 1.97. The highest BCUT2D eigenvalue weighted by Crippen LogP contribution is 2.11. The molecule has 0 unspecified atom stereocenters. The van der Waals surface area contributed by atoms with Gasteiger partial charge in [-0.1, -0.05) is 6.92 Å². The molecule has 1 rings (SSSR count). The van der Waals surface area contributed by atoms with E-state index in [4.69, 9.17) is 5.84 Å². The molecule has 0 saturated heterocycles. The summed E-state index contributed by atoms with van der Waals surface area (Å²) in [6, 6.07) is 0. The van der Waals surface area contributed by atoms with Crippen LogP contribution >= 0.6 is 0 Å². The number of nitrogen functional groups attached to an aromatic ring is 1. The van der Waals surface area contributed by atoms with E-state index in [-0.39, 0.29) is 0 Å². The van der Waals surface area contributed by atoms with Crippen LogP contribution in [0.15, 0.2) is 12.4 Å². The second kappa shape index (κ2) is 5.39. The van der Waals surface area contributed by atoms with Crippen LogP contribution in [0, 0.1) is 0 Å². The SMILES string of the molecule is CCCN(CC)c1cncc(NN)n1. The average Bonchev–Trinajstić information content (AvgIpc) is 2.26. The Morgan fingerprint density at radius 3 is 2.79 bits per heavy atom. The van der Waals surface area contributed by atoms with Crippen molar-refractivity contribution in [3.05, 3.63) is 12.4 Å². The highest BCUT2D eigenvalue weighted by Gasteiger charge is 2.05. The van der Waals surface area contributed by atoms with Crippen molar-refractivity contribution in [3.63, 3.8) is 0 Å². The van der Waals surface area contributed by atoms with E-state index in [1.165, 1.54) is 0 Å². The Hall–Kier alpha value is -1.36. The fraction of sp³-hybridized carbons (Fsp3) is 0.556. The quantitative estimate of drug-likeness (QED) is 0.542. The first kappa shape index (κ1) is 10.7. The molecule has 0 saturated carbocycles. The Bertz CT molecular complexity index is 276. The number of hydrazine groups is 1. The van der Waals surface area contributed by atoms with Gasteiger partial charge in [-0.25, -0.2) is 10.8 Å². The van der Waals surface area contributed by atoms with Gasteiger partial charge in [-0.15, -0.1) is 0 Å². The van der Waals surface area contributed by atoms with Crippen molar-refractivity contribution in [1.82, 2.24) is 9.97 Å². The molecule has 0 bridgehead atoms. The van der Waals surface area contributed by atoms with Crippen LogP contribution in [0.25, 0.3) is 0 Å². The third kappa shape index (κ3) is 2.56. The maximum absolute atomic E-state index is 5.26. The Balaban J connectivity index is 2.80. The van der Waals surface area contributed by atoms with Crippen LogP contribution in [0.5, 0.6) is 0 Å². The highest BCUT2D eigenvalue weighted by molar-refractivity contribution is 5.42. The number of hydrogen-bond donors (Lipinski definition) is 2. The number of nitrogens with zero attached hydrogens (tertiary/aromatic N) is 3. The molecule has 0 spiro atoms. The van der Waals surface area contributed by atoms with Gasteiger partial charge in [-0.2, -0.15) is 0 Å². The summed E-state index contributed by atoms with van der Waals surface area (Å²) in [5.74, 6) is 6.72. The summed E-state index contributed by atoms with van der Waals surface area (Å²) < 4.78 is 0. The molecule has 0 amide bonds. The summed E-state index contributed by atoms with van der Waals surface area (Å²) in [4.78, 5) is 10.5. The van der Waals surface area contributed by atoms with Crippen LogP contribution in [0.3, 0.4) is 0 Å². The van der Waals surface area contributed by atoms with E-state index in [2.05, 4.69) is 34.1 Å². The number of anilines is 2. The first-order chi connectivity index (χ1) is 6.81. The van der Waals surface area contributed by atoms with Crippen LogP contribution in [-0.4, -0.2) is 23.1 Å². The van der Waals surface area contributed by atoms with Crippen molar-refractivity contribution in [1.29, 1.82) is 0 Å². The van der Waals surface area contributed by atoms with Gasteiger partial charge in [0.1, 0.15) is 5.82 Å². The van der Waals surface area contributed by atoms with Crippen LogP contribution in [0.1, 0.15) is 20.3 Å². The lowest BCUT2D eigenvalue weighted by molar-refractivity contribution is 0.776. The summed E-state index contributed by atoms with van der Waals surface area (Å²) in [6.45, 7) is 6.15. The topological polar surface area (TPSA) is 67.1 Å². The molecule has 0 aliphatic heterocycles. The smallest absolute Gasteiger partial charge is 0.160 e. The van der Waals surface area contributed by atoms with Gasteiger partial charge < -0.3 is 10.3 Å². The zero-order chi connectivity index (χ0) is 10.4. The molecule has 14 heavy (non-hydrogen) atoms. The van der Waals surface area contributed by atoms with Crippen LogP contribution < -0.4 is 16.2 Å². The summed E-state index contributed by atoms with van der Waals surface area (Å²) in [5, 5.41) is 0. The van der Waals surface area contributed by atoms with Gasteiger partial charge in [0, 0.05) is 13.1 Å². The molecule has 5 nitrogen and oxygen atoms in total. The molecule has 0 aliphatic rings. The van der Waals surface area contributed by atoms with Gasteiger partial charge in [0.15, 0.2) is 5.82 Å². The second-order valence-corrected chi connectivity index (χ2v) is 2.99. The number of rotatable bonds is 5. The van der Waals surface area contributed by atoms with Crippen molar-refractivity contribution in [2.75, 3.05) is 23.4 Å². The van der Waals surface area contributed by atoms with E-state index in [0.29, 0.717) is 5.82 Å². The normalized spacial score (nSPS) is 9.93. The molecule has 5 heteroatoms. The molecule has 0 atom stereocenters. The van der Waals surface area contributed by atoms with Crippen LogP contribution in [-0.2, 0) is 0 Å². The van der Waals surface area contributed by atoms with E-state index in [9.17, 15) is 0 Å². The van der Waals surface area contributed by atoms with E-state index in [0.717, 1.165) is 25.3 Å². The second-order valence-electron chi connectivity index (χ2n) is 2.99. The fourth-order valence-corrected chi connectivity index (χ4v) is 1.28. The molecule has 0 radical (unpaired) electrons. The Morgan fingerprint density at radius 1 is 1.43 bits per heavy atom. The molecule has 78 valence electrons. The standard InChI is InChI=1S/C9H17N5/c1-3-5-14(4-2)9-7-11-6-8(12-9)13-10/h6-7H,3-5,10H2,1-2H3,(H,12,13). The summed E-state index contributed by atoms with van der Waals surface area (Å²) in [6.07, 6.45) is 4.44. The van der Waals surface area contributed by atoms with Gasteiger partial charge in [0.05, 0.1) is 12.4 Å². The molecule has 1 aromatic heterocycles. The maximum Gasteiger partial charge on any atom is 0.160 e. The zero-order valence-electron chi connectivity index (χ0n) is 8.70. The lowest BCUT2D eigenvalue weighted by atomic mass is 10.4. The third-order valence-electron chi connectivity index (χ3n) is 1.97. The van der Waals surface area contributed by atoms with Crippen molar-refractivity contribution in [2.24, 2.45) is 5.84 Å². The first-order valence-electron chi connectivity index (χ1n) is 4.85. The number of nitrogens with one attached hydrogen (secondary N) is 1. The number of nitrogens with two attached hydrogens (primary N) is 1. The van der Waals surface area contributed by atoms with Crippen LogP contribution in [0.4, 0.5) is 11.6 Å². The molecular formula is C9H17N5. The molecule has 0 fully saturated rings. The Labute approximate surface area is 84.3 Å². The maximum atomic E-state index is 5.26. The monoisotopic (exact) mass is 195 g/mol. The van der Waals surface area contributed by atoms with Crippen molar-refractivity contribution in [2.45, 2.75) is 20.3 Å². The van der Waals surface area contributed by atoms with E-state index < -0.39 is 0 Å². The minimum Gasteiger partial charge on any atom is -0.356 e. The highest BCUT2D eigenvalue weighted by atomic mass is 15.3. The first-order valence-corrected chi connectivity index (χ1v) is 4.85. The van der Waals surface area contributed by atoms with Gasteiger partial charge in [-0.3, -0.25) is 4.98 Å². The number of hydrogen-bond acceptors (Lipinski definition) is 5. The molecule has 3 N–H and O–H groups in total. The van der Waals surface area contributed by atoms with Crippen LogP contribution in [0.2, 0.25) is 0 Å². The van der Waals surface area contributed by atoms with Crippen molar-refractivity contribution >= 4 is 11.6 Å². The molecule has 0 aliphatic carbocycles. The zero-order valence-corrected chi connectivity index (χ0v) is 8.70. The van der Waals surface area contributed by atoms with E-state index >= 15 is 0 Å². The Morgan fingerprint density at radius 2 is 2.21 bits per heavy atom. The minimum atomic E-state index is 0.594. The average molecular weight is 195 g/mol. The molecular weight excluding hydrogens is 178 g/mol. The predicted octanol–water partition coefficient (Wildman–Crippen LogP) is 0.998. The van der Waals surface area contributed by atoms with Crippen molar-refractivity contribution in [3.8, 4) is 0 Å². The summed E-state index contributed by atoms with van der Waals surface area (Å²) in [7, 11) is 0. The van der Waals surface area contributed by atoms with Gasteiger partial charge in [0.25, 0.3) is 0 Å². The van der Waals surface area contributed by atoms with E-state index in [1.807, 2.05) is 0 Å². The van der Waals surface area contributed by atoms with Gasteiger partial charge >= 0.3 is 0 Å². The number of aromatic nitrogens is 2. The molecule has 1 aromatic rings. The summed E-state index contributed by atoms with van der Waals surface area (Å²) >= 11 is 0. The van der Waals surface area contributed by atoms with Gasteiger partial charge in [0.2, 0.25) is 0 Å². The predicted molar refractivity (Wildman–Crippen MR) is 58.0 cm³/mol. The minimum absolute atomic E-state index is 0.594. The largest absolute Gasteiger partial charge is 0.356 e. The Kier molecular flexibility index (Phi) is 4.12.